The molecule has 2 rings (SSSR count). The fourth-order valence-electron chi connectivity index (χ4n) is 1.73. The first-order valence-electron chi connectivity index (χ1n) is 5.63. The van der Waals surface area contributed by atoms with Gasteiger partial charge in [-0.05, 0) is 14.0 Å². The van der Waals surface area contributed by atoms with Crippen molar-refractivity contribution in [2.24, 2.45) is 0 Å². The number of carbonyl (C=O) groups is 1. The number of hydrogen-bond donors (Lipinski definition) is 3. The summed E-state index contributed by atoms with van der Waals surface area (Å²) in [6, 6.07) is 0. The molecule has 1 aliphatic rings. The quantitative estimate of drug-likeness (QED) is 0.627. The van der Waals surface area contributed by atoms with Gasteiger partial charge in [-0.2, -0.15) is 5.10 Å². The molecular formula is C10H18N6O. The third kappa shape index (κ3) is 2.56. The van der Waals surface area contributed by atoms with Crippen LogP contribution in [-0.2, 0) is 0 Å². The van der Waals surface area contributed by atoms with Gasteiger partial charge < -0.3 is 10.6 Å². The standard InChI is InChI=1S/C10H18N6O/c1-7-8(11)9(13-12-7)10(17)14-16-5-3-15(2)4-6-16/h3-6,11H2,1-2H3,(H,12,13)(H,14,17). The predicted octanol–water partition coefficient (Wildman–Crippen LogP) is -0.807. The van der Waals surface area contributed by atoms with E-state index in [1.165, 1.54) is 0 Å². The van der Waals surface area contributed by atoms with Crippen molar-refractivity contribution in [1.29, 1.82) is 0 Å². The van der Waals surface area contributed by atoms with Crippen molar-refractivity contribution in [2.75, 3.05) is 39.0 Å². The number of nitrogens with one attached hydrogen (secondary N) is 2. The molecule has 17 heavy (non-hydrogen) atoms. The first kappa shape index (κ1) is 11.9. The van der Waals surface area contributed by atoms with E-state index in [0.717, 1.165) is 26.2 Å². The number of anilines is 1. The van der Waals surface area contributed by atoms with E-state index >= 15 is 0 Å². The molecule has 1 amide bonds. The van der Waals surface area contributed by atoms with Crippen LogP contribution in [0.15, 0.2) is 0 Å². The Labute approximate surface area is 99.9 Å². The van der Waals surface area contributed by atoms with E-state index in [4.69, 9.17) is 5.73 Å². The molecule has 0 unspecified atom stereocenters. The van der Waals surface area contributed by atoms with Gasteiger partial charge in [0.2, 0.25) is 0 Å². The summed E-state index contributed by atoms with van der Waals surface area (Å²) in [6.07, 6.45) is 0. The number of rotatable bonds is 2. The number of hydrazine groups is 1. The SMILES string of the molecule is Cc1[nH]nc(C(=O)NN2CCN(C)CC2)c1N. The van der Waals surface area contributed by atoms with Crippen molar-refractivity contribution < 1.29 is 4.79 Å². The minimum atomic E-state index is -0.253. The largest absolute Gasteiger partial charge is 0.395 e. The molecule has 94 valence electrons. The highest BCUT2D eigenvalue weighted by Crippen LogP contribution is 2.12. The molecule has 1 saturated heterocycles. The smallest absolute Gasteiger partial charge is 0.288 e. The van der Waals surface area contributed by atoms with Gasteiger partial charge in [0, 0.05) is 26.2 Å². The lowest BCUT2D eigenvalue weighted by Gasteiger charge is -2.32. The first-order chi connectivity index (χ1) is 8.08. The van der Waals surface area contributed by atoms with Crippen molar-refractivity contribution in [1.82, 2.24) is 25.5 Å². The first-order valence-corrected chi connectivity index (χ1v) is 5.63. The molecule has 1 fully saturated rings. The van der Waals surface area contributed by atoms with E-state index in [-0.39, 0.29) is 11.6 Å². The van der Waals surface area contributed by atoms with E-state index in [2.05, 4.69) is 27.6 Å². The number of H-pyrrole nitrogens is 1. The highest BCUT2D eigenvalue weighted by atomic mass is 16.2. The van der Waals surface area contributed by atoms with Gasteiger partial charge in [-0.3, -0.25) is 15.3 Å². The van der Waals surface area contributed by atoms with Crippen molar-refractivity contribution >= 4 is 11.6 Å². The van der Waals surface area contributed by atoms with Gasteiger partial charge in [0.15, 0.2) is 5.69 Å². The second kappa shape index (κ2) is 4.72. The zero-order chi connectivity index (χ0) is 12.4. The van der Waals surface area contributed by atoms with Gasteiger partial charge in [0.1, 0.15) is 0 Å². The summed E-state index contributed by atoms with van der Waals surface area (Å²) in [4.78, 5) is 14.1. The number of carbonyl (C=O) groups excluding carboxylic acids is 1. The number of nitrogens with zero attached hydrogens (tertiary/aromatic N) is 3. The van der Waals surface area contributed by atoms with Gasteiger partial charge in [0.05, 0.1) is 11.4 Å². The normalized spacial score (nSPS) is 18.2. The maximum atomic E-state index is 11.9. The molecule has 7 nitrogen and oxygen atoms in total. The van der Waals surface area contributed by atoms with Crippen molar-refractivity contribution in [3.05, 3.63) is 11.4 Å². The number of hydrogen-bond acceptors (Lipinski definition) is 5. The van der Waals surface area contributed by atoms with Crippen LogP contribution in [0.5, 0.6) is 0 Å². The molecule has 1 aliphatic heterocycles. The molecule has 0 bridgehead atoms. The molecule has 4 N–H and O–H groups in total. The zero-order valence-corrected chi connectivity index (χ0v) is 10.2. The summed E-state index contributed by atoms with van der Waals surface area (Å²) in [6.45, 7) is 5.29. The second-order valence-electron chi connectivity index (χ2n) is 4.34. The maximum Gasteiger partial charge on any atom is 0.288 e. The Bertz CT molecular complexity index is 407. The van der Waals surface area contributed by atoms with E-state index in [1.54, 1.807) is 6.92 Å². The molecule has 1 aromatic heterocycles. The second-order valence-corrected chi connectivity index (χ2v) is 4.34. The number of aryl methyl sites for hydroxylation is 1. The highest BCUT2D eigenvalue weighted by Gasteiger charge is 2.20. The minimum absolute atomic E-state index is 0.253. The zero-order valence-electron chi connectivity index (χ0n) is 10.2. The number of nitrogen functional groups attached to an aromatic ring is 1. The van der Waals surface area contributed by atoms with Crippen molar-refractivity contribution in [2.45, 2.75) is 6.92 Å². The number of amides is 1. The van der Waals surface area contributed by atoms with Crippen LogP contribution < -0.4 is 11.2 Å². The summed E-state index contributed by atoms with van der Waals surface area (Å²) in [5.41, 5.74) is 9.96. The van der Waals surface area contributed by atoms with Crippen LogP contribution in [0.1, 0.15) is 16.2 Å². The Morgan fingerprint density at radius 1 is 1.41 bits per heavy atom. The molecule has 1 aromatic rings. The van der Waals surface area contributed by atoms with E-state index in [1.807, 2.05) is 5.01 Å². The summed E-state index contributed by atoms with van der Waals surface area (Å²) in [5, 5.41) is 8.49. The van der Waals surface area contributed by atoms with E-state index in [9.17, 15) is 4.79 Å². The third-order valence-electron chi connectivity index (χ3n) is 2.97. The Morgan fingerprint density at radius 2 is 2.06 bits per heavy atom. The monoisotopic (exact) mass is 238 g/mol. The van der Waals surface area contributed by atoms with Crippen LogP contribution in [-0.4, -0.2) is 59.2 Å². The molecular weight excluding hydrogens is 220 g/mol. The lowest BCUT2D eigenvalue weighted by Crippen LogP contribution is -2.52. The van der Waals surface area contributed by atoms with Crippen LogP contribution >= 0.6 is 0 Å². The average molecular weight is 238 g/mol. The number of nitrogens with two attached hydrogens (primary N) is 1. The summed E-state index contributed by atoms with van der Waals surface area (Å²) in [5.74, 6) is -0.253. The van der Waals surface area contributed by atoms with Crippen molar-refractivity contribution in [3.63, 3.8) is 0 Å². The number of piperazine rings is 1. The lowest BCUT2D eigenvalue weighted by atomic mass is 10.3. The number of aromatic amines is 1. The van der Waals surface area contributed by atoms with E-state index < -0.39 is 0 Å². The Balaban J connectivity index is 1.95. The van der Waals surface area contributed by atoms with Crippen LogP contribution in [0.4, 0.5) is 5.69 Å². The van der Waals surface area contributed by atoms with Gasteiger partial charge in [0.25, 0.3) is 5.91 Å². The van der Waals surface area contributed by atoms with Gasteiger partial charge in [-0.1, -0.05) is 0 Å². The van der Waals surface area contributed by atoms with Gasteiger partial charge >= 0.3 is 0 Å². The Hall–Kier alpha value is -1.60. The third-order valence-corrected chi connectivity index (χ3v) is 2.97. The van der Waals surface area contributed by atoms with Crippen molar-refractivity contribution in [3.8, 4) is 0 Å². The molecule has 0 atom stereocenters. The average Bonchev–Trinajstić information content (AvgIpc) is 2.63. The van der Waals surface area contributed by atoms with E-state index in [0.29, 0.717) is 11.4 Å². The summed E-state index contributed by atoms with van der Waals surface area (Å²) >= 11 is 0. The molecule has 0 aliphatic carbocycles. The molecule has 0 spiro atoms. The summed E-state index contributed by atoms with van der Waals surface area (Å²) in [7, 11) is 2.06. The highest BCUT2D eigenvalue weighted by molar-refractivity contribution is 5.97. The predicted molar refractivity (Wildman–Crippen MR) is 64.3 cm³/mol. The minimum Gasteiger partial charge on any atom is -0.395 e. The molecule has 0 saturated carbocycles. The molecule has 2 heterocycles. The fraction of sp³-hybridized carbons (Fsp3) is 0.600. The van der Waals surface area contributed by atoms with Gasteiger partial charge in [-0.25, -0.2) is 5.01 Å². The van der Waals surface area contributed by atoms with Gasteiger partial charge in [-0.15, -0.1) is 0 Å². The Kier molecular flexibility index (Phi) is 3.30. The summed E-state index contributed by atoms with van der Waals surface area (Å²) < 4.78 is 0. The number of aromatic nitrogens is 2. The van der Waals surface area contributed by atoms with Crippen LogP contribution in [0.2, 0.25) is 0 Å². The van der Waals surface area contributed by atoms with Crippen LogP contribution in [0.3, 0.4) is 0 Å². The molecule has 7 heteroatoms. The van der Waals surface area contributed by atoms with Crippen LogP contribution in [0.25, 0.3) is 0 Å². The Morgan fingerprint density at radius 3 is 2.59 bits per heavy atom. The molecule has 0 radical (unpaired) electrons. The lowest BCUT2D eigenvalue weighted by molar-refractivity contribution is 0.0658. The molecule has 0 aromatic carbocycles. The maximum absolute atomic E-state index is 11.9. The fourth-order valence-corrected chi connectivity index (χ4v) is 1.73. The van der Waals surface area contributed by atoms with Crippen LogP contribution in [0, 0.1) is 6.92 Å². The topological polar surface area (TPSA) is 90.3 Å². The number of likely N-dealkylation sites (N-methyl/N-ethyl adjacent to an activating group) is 1.